The molecule has 1 aliphatic carbocycles. The lowest BCUT2D eigenvalue weighted by Crippen LogP contribution is -2.27. The summed E-state index contributed by atoms with van der Waals surface area (Å²) >= 11 is 6.19. The SMILES string of the molecule is CC(C)CCN(Cc1cc(O)ccc1Cl)C1CC1. The van der Waals surface area contributed by atoms with Crippen molar-refractivity contribution < 1.29 is 5.11 Å². The highest BCUT2D eigenvalue weighted by Gasteiger charge is 2.29. The van der Waals surface area contributed by atoms with Gasteiger partial charge < -0.3 is 5.11 Å². The molecule has 0 saturated heterocycles. The van der Waals surface area contributed by atoms with Crippen molar-refractivity contribution in [2.75, 3.05) is 6.54 Å². The first kappa shape index (κ1) is 13.7. The van der Waals surface area contributed by atoms with Crippen LogP contribution in [-0.2, 0) is 6.54 Å². The lowest BCUT2D eigenvalue weighted by Gasteiger charge is -2.23. The maximum Gasteiger partial charge on any atom is 0.116 e. The van der Waals surface area contributed by atoms with Gasteiger partial charge in [-0.1, -0.05) is 25.4 Å². The first-order valence-electron chi connectivity index (χ1n) is 6.77. The molecule has 2 rings (SSSR count). The van der Waals surface area contributed by atoms with E-state index < -0.39 is 0 Å². The predicted octanol–water partition coefficient (Wildman–Crippen LogP) is 4.06. The van der Waals surface area contributed by atoms with Crippen LogP contribution in [0.1, 0.15) is 38.7 Å². The Balaban J connectivity index is 2.01. The van der Waals surface area contributed by atoms with E-state index in [9.17, 15) is 5.11 Å². The van der Waals surface area contributed by atoms with Gasteiger partial charge in [-0.25, -0.2) is 0 Å². The van der Waals surface area contributed by atoms with Gasteiger partial charge in [0.25, 0.3) is 0 Å². The Hall–Kier alpha value is -0.730. The predicted molar refractivity (Wildman–Crippen MR) is 76.0 cm³/mol. The Morgan fingerprint density at radius 3 is 2.72 bits per heavy atom. The van der Waals surface area contributed by atoms with Crippen LogP contribution < -0.4 is 0 Å². The van der Waals surface area contributed by atoms with Gasteiger partial charge in [-0.3, -0.25) is 4.90 Å². The van der Waals surface area contributed by atoms with Crippen LogP contribution in [0.15, 0.2) is 18.2 Å². The monoisotopic (exact) mass is 267 g/mol. The van der Waals surface area contributed by atoms with Gasteiger partial charge in [0.1, 0.15) is 5.75 Å². The molecule has 0 bridgehead atoms. The molecule has 1 saturated carbocycles. The number of phenols is 1. The Bertz CT molecular complexity index is 401. The molecule has 0 spiro atoms. The smallest absolute Gasteiger partial charge is 0.116 e. The molecule has 1 N–H and O–H groups in total. The average molecular weight is 268 g/mol. The van der Waals surface area contributed by atoms with Crippen molar-refractivity contribution in [2.24, 2.45) is 5.92 Å². The van der Waals surface area contributed by atoms with Crippen LogP contribution in [0, 0.1) is 5.92 Å². The summed E-state index contributed by atoms with van der Waals surface area (Å²) in [6, 6.07) is 5.93. The number of nitrogens with zero attached hydrogens (tertiary/aromatic N) is 1. The van der Waals surface area contributed by atoms with Crippen molar-refractivity contribution in [1.29, 1.82) is 0 Å². The highest BCUT2D eigenvalue weighted by molar-refractivity contribution is 6.31. The van der Waals surface area contributed by atoms with E-state index in [0.29, 0.717) is 5.75 Å². The number of halogens is 1. The fraction of sp³-hybridized carbons (Fsp3) is 0.600. The van der Waals surface area contributed by atoms with Crippen LogP contribution in [0.5, 0.6) is 5.75 Å². The highest BCUT2D eigenvalue weighted by Crippen LogP contribution is 2.31. The normalized spacial score (nSPS) is 15.6. The Morgan fingerprint density at radius 1 is 1.39 bits per heavy atom. The van der Waals surface area contributed by atoms with E-state index in [1.807, 2.05) is 0 Å². The fourth-order valence-corrected chi connectivity index (χ4v) is 2.33. The minimum Gasteiger partial charge on any atom is -0.508 e. The van der Waals surface area contributed by atoms with Crippen LogP contribution in [0.3, 0.4) is 0 Å². The van der Waals surface area contributed by atoms with Crippen molar-refractivity contribution in [2.45, 2.75) is 45.7 Å². The minimum absolute atomic E-state index is 0.300. The zero-order chi connectivity index (χ0) is 13.1. The molecule has 1 aliphatic rings. The van der Waals surface area contributed by atoms with Crippen LogP contribution in [0.25, 0.3) is 0 Å². The maximum absolute atomic E-state index is 9.55. The summed E-state index contributed by atoms with van der Waals surface area (Å²) in [5.41, 5.74) is 1.03. The third-order valence-electron chi connectivity index (χ3n) is 3.46. The molecule has 0 aromatic heterocycles. The molecular formula is C15H22ClNO. The van der Waals surface area contributed by atoms with Gasteiger partial charge in [0.2, 0.25) is 0 Å². The van der Waals surface area contributed by atoms with E-state index in [0.717, 1.165) is 35.6 Å². The summed E-state index contributed by atoms with van der Waals surface area (Å²) in [6.07, 6.45) is 3.82. The molecule has 0 radical (unpaired) electrons. The van der Waals surface area contributed by atoms with Crippen LogP contribution in [-0.4, -0.2) is 22.6 Å². The number of rotatable bonds is 6. The molecule has 1 aromatic carbocycles. The molecule has 1 aromatic rings. The van der Waals surface area contributed by atoms with E-state index in [-0.39, 0.29) is 0 Å². The largest absolute Gasteiger partial charge is 0.508 e. The first-order chi connectivity index (χ1) is 8.56. The van der Waals surface area contributed by atoms with Gasteiger partial charge in [0, 0.05) is 17.6 Å². The Kier molecular flexibility index (Phi) is 4.52. The second kappa shape index (κ2) is 5.94. The molecule has 100 valence electrons. The maximum atomic E-state index is 9.55. The number of aromatic hydroxyl groups is 1. The average Bonchev–Trinajstić information content (AvgIpc) is 3.12. The first-order valence-corrected chi connectivity index (χ1v) is 7.15. The molecule has 0 aliphatic heterocycles. The molecule has 0 atom stereocenters. The molecule has 3 heteroatoms. The number of phenolic OH excluding ortho intramolecular Hbond substituents is 1. The zero-order valence-electron chi connectivity index (χ0n) is 11.2. The minimum atomic E-state index is 0.300. The topological polar surface area (TPSA) is 23.5 Å². The third-order valence-corrected chi connectivity index (χ3v) is 3.83. The van der Waals surface area contributed by atoms with Crippen molar-refractivity contribution >= 4 is 11.6 Å². The van der Waals surface area contributed by atoms with Crippen molar-refractivity contribution in [3.05, 3.63) is 28.8 Å². The standard InChI is InChI=1S/C15H22ClNO/c1-11(2)7-8-17(13-3-4-13)10-12-9-14(18)5-6-15(12)16/h5-6,9,11,13,18H,3-4,7-8,10H2,1-2H3. The summed E-state index contributed by atoms with van der Waals surface area (Å²) in [5.74, 6) is 1.03. The summed E-state index contributed by atoms with van der Waals surface area (Å²) in [4.78, 5) is 2.50. The quantitative estimate of drug-likeness (QED) is 0.840. The lowest BCUT2D eigenvalue weighted by molar-refractivity contribution is 0.239. The van der Waals surface area contributed by atoms with Gasteiger partial charge in [-0.15, -0.1) is 0 Å². The molecular weight excluding hydrogens is 246 g/mol. The molecule has 1 fully saturated rings. The van der Waals surface area contributed by atoms with E-state index >= 15 is 0 Å². The van der Waals surface area contributed by atoms with Gasteiger partial charge in [-0.2, -0.15) is 0 Å². The second-order valence-electron chi connectivity index (χ2n) is 5.66. The second-order valence-corrected chi connectivity index (χ2v) is 6.07. The van der Waals surface area contributed by atoms with Crippen LogP contribution >= 0.6 is 11.6 Å². The third kappa shape index (κ3) is 3.89. The summed E-state index contributed by atoms with van der Waals surface area (Å²) in [7, 11) is 0. The fourth-order valence-electron chi connectivity index (χ4n) is 2.16. The molecule has 0 heterocycles. The Labute approximate surface area is 115 Å². The highest BCUT2D eigenvalue weighted by atomic mass is 35.5. The van der Waals surface area contributed by atoms with E-state index in [4.69, 9.17) is 11.6 Å². The zero-order valence-corrected chi connectivity index (χ0v) is 12.0. The van der Waals surface area contributed by atoms with Crippen LogP contribution in [0.4, 0.5) is 0 Å². The van der Waals surface area contributed by atoms with Crippen molar-refractivity contribution in [3.63, 3.8) is 0 Å². The summed E-state index contributed by atoms with van der Waals surface area (Å²) in [6.45, 7) is 6.48. The molecule has 18 heavy (non-hydrogen) atoms. The van der Waals surface area contributed by atoms with Crippen LogP contribution in [0.2, 0.25) is 5.02 Å². The molecule has 0 unspecified atom stereocenters. The lowest BCUT2D eigenvalue weighted by atomic mass is 10.1. The Morgan fingerprint density at radius 2 is 2.11 bits per heavy atom. The molecule has 0 amide bonds. The van der Waals surface area contributed by atoms with Gasteiger partial charge in [0.05, 0.1) is 0 Å². The van der Waals surface area contributed by atoms with E-state index in [2.05, 4.69) is 18.7 Å². The summed E-state index contributed by atoms with van der Waals surface area (Å²) < 4.78 is 0. The summed E-state index contributed by atoms with van der Waals surface area (Å²) in [5, 5.41) is 10.3. The number of benzene rings is 1. The number of hydrogen-bond acceptors (Lipinski definition) is 2. The van der Waals surface area contributed by atoms with Crippen molar-refractivity contribution in [3.8, 4) is 5.75 Å². The van der Waals surface area contributed by atoms with Gasteiger partial charge in [-0.05, 0) is 55.5 Å². The van der Waals surface area contributed by atoms with E-state index in [1.165, 1.54) is 19.3 Å². The molecule has 2 nitrogen and oxygen atoms in total. The van der Waals surface area contributed by atoms with Gasteiger partial charge >= 0.3 is 0 Å². The van der Waals surface area contributed by atoms with E-state index in [1.54, 1.807) is 18.2 Å². The van der Waals surface area contributed by atoms with Gasteiger partial charge in [0.15, 0.2) is 0 Å². The van der Waals surface area contributed by atoms with Crippen molar-refractivity contribution in [1.82, 2.24) is 4.90 Å². The number of hydrogen-bond donors (Lipinski definition) is 1.